The fourth-order valence-electron chi connectivity index (χ4n) is 2.33. The molecule has 0 saturated carbocycles. The summed E-state index contributed by atoms with van der Waals surface area (Å²) in [6, 6.07) is 10.00. The Hall–Kier alpha value is -0.820. The number of benzene rings is 1. The monoisotopic (exact) mass is 189 g/mol. The summed E-state index contributed by atoms with van der Waals surface area (Å²) in [6.07, 6.45) is 3.86. The average Bonchev–Trinajstić information content (AvgIpc) is 2.18. The lowest BCUT2D eigenvalue weighted by Gasteiger charge is -2.28. The van der Waals surface area contributed by atoms with Crippen molar-refractivity contribution in [2.75, 3.05) is 0 Å². The third kappa shape index (κ3) is 1.98. The molecule has 0 unspecified atom stereocenters. The first-order valence-electron chi connectivity index (χ1n) is 5.61. The van der Waals surface area contributed by atoms with Gasteiger partial charge in [0.2, 0.25) is 0 Å². The second-order valence-corrected chi connectivity index (χ2v) is 4.46. The second kappa shape index (κ2) is 4.14. The molecular formula is C13H19N. The second-order valence-electron chi connectivity index (χ2n) is 4.46. The van der Waals surface area contributed by atoms with Crippen LogP contribution in [-0.2, 0) is 6.42 Å². The zero-order valence-corrected chi connectivity index (χ0v) is 9.09. The van der Waals surface area contributed by atoms with Gasteiger partial charge in [-0.3, -0.25) is 0 Å². The van der Waals surface area contributed by atoms with Crippen LogP contribution in [0.4, 0.5) is 0 Å². The number of rotatable bonds is 2. The van der Waals surface area contributed by atoms with Crippen LogP contribution in [0.2, 0.25) is 0 Å². The summed E-state index contributed by atoms with van der Waals surface area (Å²) in [6.45, 7) is 4.44. The zero-order valence-electron chi connectivity index (χ0n) is 9.09. The Labute approximate surface area is 86.5 Å². The van der Waals surface area contributed by atoms with Crippen LogP contribution in [-0.4, -0.2) is 6.04 Å². The van der Waals surface area contributed by atoms with Crippen LogP contribution in [0.15, 0.2) is 24.3 Å². The highest BCUT2D eigenvalue weighted by Crippen LogP contribution is 2.29. The summed E-state index contributed by atoms with van der Waals surface area (Å²) in [7, 11) is 0. The number of hydrogen-bond acceptors (Lipinski definition) is 1. The van der Waals surface area contributed by atoms with Gasteiger partial charge in [-0.25, -0.2) is 0 Å². The average molecular weight is 189 g/mol. The number of hydrogen-bond donors (Lipinski definition) is 1. The van der Waals surface area contributed by atoms with Crippen molar-refractivity contribution in [3.8, 4) is 0 Å². The van der Waals surface area contributed by atoms with Crippen molar-refractivity contribution in [3.05, 3.63) is 35.4 Å². The van der Waals surface area contributed by atoms with E-state index in [1.807, 2.05) is 0 Å². The normalized spacial score (nSPS) is 20.9. The first-order valence-corrected chi connectivity index (χ1v) is 5.61. The van der Waals surface area contributed by atoms with E-state index in [-0.39, 0.29) is 0 Å². The Bertz CT molecular complexity index is 304. The van der Waals surface area contributed by atoms with E-state index in [1.54, 1.807) is 0 Å². The van der Waals surface area contributed by atoms with Crippen molar-refractivity contribution in [3.63, 3.8) is 0 Å². The van der Waals surface area contributed by atoms with Gasteiger partial charge in [-0.15, -0.1) is 0 Å². The van der Waals surface area contributed by atoms with Gasteiger partial charge in [-0.1, -0.05) is 38.1 Å². The topological polar surface area (TPSA) is 12.0 Å². The van der Waals surface area contributed by atoms with Gasteiger partial charge < -0.3 is 5.32 Å². The largest absolute Gasteiger partial charge is 0.308 e. The van der Waals surface area contributed by atoms with Crippen molar-refractivity contribution in [2.45, 2.75) is 45.2 Å². The molecule has 1 aliphatic rings. The van der Waals surface area contributed by atoms with Crippen LogP contribution in [0.1, 0.15) is 43.9 Å². The lowest BCUT2D eigenvalue weighted by Crippen LogP contribution is -2.30. The van der Waals surface area contributed by atoms with Crippen LogP contribution < -0.4 is 5.32 Å². The lowest BCUT2D eigenvalue weighted by atomic mass is 9.87. The van der Waals surface area contributed by atoms with E-state index in [1.165, 1.54) is 30.4 Å². The summed E-state index contributed by atoms with van der Waals surface area (Å²) < 4.78 is 0. The van der Waals surface area contributed by atoms with E-state index in [2.05, 4.69) is 43.4 Å². The zero-order chi connectivity index (χ0) is 9.97. The van der Waals surface area contributed by atoms with Gasteiger partial charge in [0.05, 0.1) is 0 Å². The lowest BCUT2D eigenvalue weighted by molar-refractivity contribution is 0.423. The molecule has 1 N–H and O–H groups in total. The van der Waals surface area contributed by atoms with E-state index in [4.69, 9.17) is 0 Å². The molecule has 0 heterocycles. The maximum Gasteiger partial charge on any atom is 0.0325 e. The van der Waals surface area contributed by atoms with Gasteiger partial charge in [0.1, 0.15) is 0 Å². The molecule has 1 aromatic carbocycles. The molecule has 1 atom stereocenters. The molecule has 2 rings (SSSR count). The quantitative estimate of drug-likeness (QED) is 0.754. The molecule has 1 heteroatoms. The van der Waals surface area contributed by atoms with E-state index in [9.17, 15) is 0 Å². The molecule has 1 aliphatic carbocycles. The highest BCUT2D eigenvalue weighted by atomic mass is 14.9. The molecule has 1 nitrogen and oxygen atoms in total. The molecule has 0 spiro atoms. The smallest absolute Gasteiger partial charge is 0.0325 e. The highest BCUT2D eigenvalue weighted by molar-refractivity contribution is 5.32. The summed E-state index contributed by atoms with van der Waals surface area (Å²) >= 11 is 0. The highest BCUT2D eigenvalue weighted by Gasteiger charge is 2.19. The maximum atomic E-state index is 3.64. The molecular weight excluding hydrogens is 170 g/mol. The molecule has 0 saturated heterocycles. The van der Waals surface area contributed by atoms with Crippen LogP contribution in [0, 0.1) is 0 Å². The predicted octanol–water partition coefficient (Wildman–Crippen LogP) is 3.06. The van der Waals surface area contributed by atoms with Gasteiger partial charge in [0.15, 0.2) is 0 Å². The van der Waals surface area contributed by atoms with Crippen LogP contribution in [0.5, 0.6) is 0 Å². The van der Waals surface area contributed by atoms with Gasteiger partial charge in [0.25, 0.3) is 0 Å². The standard InChI is InChI=1S/C13H19N/c1-10(2)14-13-9-5-7-11-6-3-4-8-12(11)13/h3-4,6,8,10,13-14H,5,7,9H2,1-2H3/t13-/m1/s1. The van der Waals surface area contributed by atoms with E-state index in [0.717, 1.165) is 0 Å². The van der Waals surface area contributed by atoms with E-state index in [0.29, 0.717) is 12.1 Å². The third-order valence-electron chi connectivity index (χ3n) is 2.90. The van der Waals surface area contributed by atoms with Crippen molar-refractivity contribution >= 4 is 0 Å². The van der Waals surface area contributed by atoms with Crippen LogP contribution in [0.25, 0.3) is 0 Å². The van der Waals surface area contributed by atoms with Crippen molar-refractivity contribution in [1.29, 1.82) is 0 Å². The molecule has 0 bridgehead atoms. The van der Waals surface area contributed by atoms with Crippen molar-refractivity contribution < 1.29 is 0 Å². The Morgan fingerprint density at radius 1 is 1.29 bits per heavy atom. The van der Waals surface area contributed by atoms with Crippen LogP contribution in [0.3, 0.4) is 0 Å². The first-order chi connectivity index (χ1) is 6.77. The number of fused-ring (bicyclic) bond motifs is 1. The fraction of sp³-hybridized carbons (Fsp3) is 0.538. The summed E-state index contributed by atoms with van der Waals surface area (Å²) in [4.78, 5) is 0. The molecule has 0 fully saturated rings. The molecule has 0 aliphatic heterocycles. The summed E-state index contributed by atoms with van der Waals surface area (Å²) in [5.74, 6) is 0. The minimum absolute atomic E-state index is 0.575. The minimum Gasteiger partial charge on any atom is -0.308 e. The Morgan fingerprint density at radius 2 is 2.07 bits per heavy atom. The number of aryl methyl sites for hydroxylation is 1. The summed E-state index contributed by atoms with van der Waals surface area (Å²) in [5.41, 5.74) is 3.06. The van der Waals surface area contributed by atoms with Gasteiger partial charge in [-0.05, 0) is 30.4 Å². The minimum atomic E-state index is 0.575. The first kappa shape index (κ1) is 9.72. The molecule has 0 amide bonds. The maximum absolute atomic E-state index is 3.64. The van der Waals surface area contributed by atoms with E-state index < -0.39 is 0 Å². The Kier molecular flexibility index (Phi) is 2.87. The van der Waals surface area contributed by atoms with Crippen molar-refractivity contribution in [1.82, 2.24) is 5.32 Å². The van der Waals surface area contributed by atoms with E-state index >= 15 is 0 Å². The molecule has 76 valence electrons. The third-order valence-corrected chi connectivity index (χ3v) is 2.90. The van der Waals surface area contributed by atoms with Crippen LogP contribution >= 0.6 is 0 Å². The summed E-state index contributed by atoms with van der Waals surface area (Å²) in [5, 5.41) is 3.64. The molecule has 0 aromatic heterocycles. The SMILES string of the molecule is CC(C)N[C@@H]1CCCc2ccccc21. The Balaban J connectivity index is 2.22. The van der Waals surface area contributed by atoms with Gasteiger partial charge in [-0.2, -0.15) is 0 Å². The van der Waals surface area contributed by atoms with Gasteiger partial charge in [0, 0.05) is 12.1 Å². The molecule has 1 aromatic rings. The number of nitrogens with one attached hydrogen (secondary N) is 1. The Morgan fingerprint density at radius 3 is 2.86 bits per heavy atom. The molecule has 14 heavy (non-hydrogen) atoms. The molecule has 0 radical (unpaired) electrons. The van der Waals surface area contributed by atoms with Gasteiger partial charge >= 0.3 is 0 Å². The predicted molar refractivity (Wildman–Crippen MR) is 60.4 cm³/mol. The fourth-order valence-corrected chi connectivity index (χ4v) is 2.33. The van der Waals surface area contributed by atoms with Crippen molar-refractivity contribution in [2.24, 2.45) is 0 Å².